The van der Waals surface area contributed by atoms with E-state index in [4.69, 9.17) is 9.72 Å². The molecule has 0 atom stereocenters. The van der Waals surface area contributed by atoms with Crippen LogP contribution in [0.15, 0.2) is 63.4 Å². The van der Waals surface area contributed by atoms with Crippen molar-refractivity contribution >= 4 is 29.2 Å². The van der Waals surface area contributed by atoms with Gasteiger partial charge in [-0.1, -0.05) is 30.0 Å². The molecule has 0 N–H and O–H groups in total. The number of ether oxygens (including phenoxy) is 1. The van der Waals surface area contributed by atoms with Gasteiger partial charge in [0.05, 0.1) is 28.3 Å². The van der Waals surface area contributed by atoms with Crippen LogP contribution in [-0.2, 0) is 12.2 Å². The zero-order chi connectivity index (χ0) is 20.4. The molecule has 9 heteroatoms. The molecule has 1 aromatic heterocycles. The number of non-ortho nitro benzene ring substituents is 1. The minimum Gasteiger partial charge on any atom is -0.497 e. The average Bonchev–Trinajstić information content (AvgIpc) is 3.21. The van der Waals surface area contributed by atoms with Gasteiger partial charge in [0.2, 0.25) is 0 Å². The maximum absolute atomic E-state index is 13.2. The van der Waals surface area contributed by atoms with Gasteiger partial charge in [0.25, 0.3) is 11.2 Å². The van der Waals surface area contributed by atoms with Crippen LogP contribution in [0.4, 0.5) is 5.69 Å². The predicted molar refractivity (Wildman–Crippen MR) is 113 cm³/mol. The van der Waals surface area contributed by atoms with Crippen molar-refractivity contribution in [2.24, 2.45) is 0 Å². The molecule has 2 heterocycles. The number of methoxy groups -OCH3 is 1. The van der Waals surface area contributed by atoms with E-state index in [2.05, 4.69) is 0 Å². The highest BCUT2D eigenvalue weighted by Gasteiger charge is 2.23. The van der Waals surface area contributed by atoms with Crippen molar-refractivity contribution in [3.8, 4) is 11.4 Å². The Morgan fingerprint density at radius 1 is 1.28 bits per heavy atom. The average molecular weight is 428 g/mol. The van der Waals surface area contributed by atoms with E-state index in [1.54, 1.807) is 29.9 Å². The van der Waals surface area contributed by atoms with Gasteiger partial charge in [0, 0.05) is 36.1 Å². The van der Waals surface area contributed by atoms with Crippen molar-refractivity contribution in [3.63, 3.8) is 0 Å². The summed E-state index contributed by atoms with van der Waals surface area (Å²) in [4.78, 5) is 29.2. The Morgan fingerprint density at radius 3 is 2.90 bits per heavy atom. The molecule has 0 aliphatic carbocycles. The van der Waals surface area contributed by atoms with Crippen LogP contribution in [0.1, 0.15) is 11.3 Å². The van der Waals surface area contributed by atoms with Gasteiger partial charge in [-0.3, -0.25) is 19.5 Å². The number of nitrogens with zero attached hydrogens (tertiary/aromatic N) is 3. The van der Waals surface area contributed by atoms with Gasteiger partial charge in [0.15, 0.2) is 5.16 Å². The maximum Gasteiger partial charge on any atom is 0.272 e. The molecule has 1 aliphatic rings. The van der Waals surface area contributed by atoms with Crippen LogP contribution in [0.5, 0.6) is 5.75 Å². The molecule has 0 saturated carbocycles. The topological polar surface area (TPSA) is 87.3 Å². The Morgan fingerprint density at radius 2 is 2.10 bits per heavy atom. The largest absolute Gasteiger partial charge is 0.497 e. The highest BCUT2D eigenvalue weighted by molar-refractivity contribution is 7.99. The van der Waals surface area contributed by atoms with Gasteiger partial charge in [-0.05, 0) is 17.7 Å². The van der Waals surface area contributed by atoms with Crippen LogP contribution in [0.2, 0.25) is 0 Å². The highest BCUT2D eigenvalue weighted by Crippen LogP contribution is 2.32. The molecule has 0 unspecified atom stereocenters. The molecule has 0 spiro atoms. The Hall–Kier alpha value is -2.78. The third-order valence-electron chi connectivity index (χ3n) is 4.47. The highest BCUT2D eigenvalue weighted by atomic mass is 32.2. The first kappa shape index (κ1) is 19.5. The standard InChI is InChI=1S/C20H17N3O4S2/c1-27-16-7-3-5-14(11-16)22-19(24)18-17(8-9-28-18)21-20(22)29-12-13-4-2-6-15(10-13)23(25)26/h2-7,10-11H,8-9,12H2,1H3. The summed E-state index contributed by atoms with van der Waals surface area (Å²) < 4.78 is 6.90. The molecule has 29 heavy (non-hydrogen) atoms. The summed E-state index contributed by atoms with van der Waals surface area (Å²) in [6.07, 6.45) is 0.762. The third-order valence-corrected chi connectivity index (χ3v) is 6.58. The van der Waals surface area contributed by atoms with Crippen molar-refractivity contribution < 1.29 is 9.66 Å². The number of nitro benzene ring substituents is 1. The van der Waals surface area contributed by atoms with Crippen LogP contribution >= 0.6 is 23.5 Å². The molecule has 3 aromatic rings. The number of hydrogen-bond acceptors (Lipinski definition) is 7. The molecular weight excluding hydrogens is 410 g/mol. The van der Waals surface area contributed by atoms with Crippen LogP contribution in [-0.4, -0.2) is 27.3 Å². The first-order chi connectivity index (χ1) is 14.1. The fourth-order valence-corrected chi connectivity index (χ4v) is 5.07. The Kier molecular flexibility index (Phi) is 5.59. The predicted octanol–water partition coefficient (Wildman–Crippen LogP) is 4.09. The molecule has 7 nitrogen and oxygen atoms in total. The number of fused-ring (bicyclic) bond motifs is 1. The van der Waals surface area contributed by atoms with Crippen molar-refractivity contribution in [2.75, 3.05) is 12.9 Å². The SMILES string of the molecule is COc1cccc(-n2c(SCc3cccc([N+](=O)[O-])c3)nc3c(c2=O)SCC3)c1. The van der Waals surface area contributed by atoms with Crippen molar-refractivity contribution in [3.05, 3.63) is 80.3 Å². The third kappa shape index (κ3) is 4.01. The fourth-order valence-electron chi connectivity index (χ4n) is 3.07. The van der Waals surface area contributed by atoms with E-state index in [0.29, 0.717) is 27.2 Å². The number of rotatable bonds is 6. The smallest absolute Gasteiger partial charge is 0.272 e. The summed E-state index contributed by atoms with van der Waals surface area (Å²) in [6.45, 7) is 0. The zero-order valence-electron chi connectivity index (χ0n) is 15.5. The lowest BCUT2D eigenvalue weighted by Gasteiger charge is -2.14. The second kappa shape index (κ2) is 8.30. The van der Waals surface area contributed by atoms with Crippen LogP contribution in [0, 0.1) is 10.1 Å². The van der Waals surface area contributed by atoms with Gasteiger partial charge in [0.1, 0.15) is 5.75 Å². The Labute approximate surface area is 175 Å². The maximum atomic E-state index is 13.2. The fraction of sp³-hybridized carbons (Fsp3) is 0.200. The van der Waals surface area contributed by atoms with E-state index in [1.165, 1.54) is 29.6 Å². The summed E-state index contributed by atoms with van der Waals surface area (Å²) in [5.74, 6) is 1.95. The first-order valence-corrected chi connectivity index (χ1v) is 10.8. The first-order valence-electron chi connectivity index (χ1n) is 8.86. The summed E-state index contributed by atoms with van der Waals surface area (Å²) in [5.41, 5.74) is 2.25. The van der Waals surface area contributed by atoms with Crippen molar-refractivity contribution in [1.82, 2.24) is 9.55 Å². The summed E-state index contributed by atoms with van der Waals surface area (Å²) in [7, 11) is 1.58. The lowest BCUT2D eigenvalue weighted by molar-refractivity contribution is -0.384. The minimum atomic E-state index is -0.411. The second-order valence-corrected chi connectivity index (χ2v) is 8.37. The Balaban J connectivity index is 1.74. The quantitative estimate of drug-likeness (QED) is 0.253. The number of thioether (sulfide) groups is 2. The van der Waals surface area contributed by atoms with Gasteiger partial charge < -0.3 is 4.74 Å². The van der Waals surface area contributed by atoms with Gasteiger partial charge in [-0.2, -0.15) is 0 Å². The number of benzene rings is 2. The van der Waals surface area contributed by atoms with E-state index in [-0.39, 0.29) is 11.2 Å². The molecule has 0 bridgehead atoms. The van der Waals surface area contributed by atoms with E-state index in [9.17, 15) is 14.9 Å². The summed E-state index contributed by atoms with van der Waals surface area (Å²) in [6, 6.07) is 13.8. The lowest BCUT2D eigenvalue weighted by atomic mass is 10.2. The van der Waals surface area contributed by atoms with Crippen LogP contribution in [0.3, 0.4) is 0 Å². The molecule has 2 aromatic carbocycles. The molecule has 0 fully saturated rings. The van der Waals surface area contributed by atoms with Crippen molar-refractivity contribution in [2.45, 2.75) is 22.2 Å². The molecule has 4 rings (SSSR count). The zero-order valence-corrected chi connectivity index (χ0v) is 17.2. The normalized spacial score (nSPS) is 12.6. The molecule has 0 amide bonds. The van der Waals surface area contributed by atoms with Gasteiger partial charge in [-0.15, -0.1) is 11.8 Å². The van der Waals surface area contributed by atoms with Crippen LogP contribution in [0.25, 0.3) is 5.69 Å². The van der Waals surface area contributed by atoms with E-state index in [0.717, 1.165) is 23.4 Å². The number of hydrogen-bond donors (Lipinski definition) is 0. The molecular formula is C20H17N3O4S2. The summed E-state index contributed by atoms with van der Waals surface area (Å²) >= 11 is 2.92. The Bertz CT molecular complexity index is 1150. The van der Waals surface area contributed by atoms with Gasteiger partial charge in [-0.25, -0.2) is 4.98 Å². The van der Waals surface area contributed by atoms with E-state index < -0.39 is 4.92 Å². The summed E-state index contributed by atoms with van der Waals surface area (Å²) in [5, 5.41) is 11.6. The molecule has 0 saturated heterocycles. The number of aromatic nitrogens is 2. The van der Waals surface area contributed by atoms with Crippen LogP contribution < -0.4 is 10.3 Å². The molecule has 0 radical (unpaired) electrons. The number of aryl methyl sites for hydroxylation is 1. The van der Waals surface area contributed by atoms with E-state index in [1.807, 2.05) is 24.3 Å². The molecule has 1 aliphatic heterocycles. The van der Waals surface area contributed by atoms with Crippen molar-refractivity contribution in [1.29, 1.82) is 0 Å². The molecule has 148 valence electrons. The minimum absolute atomic E-state index is 0.0478. The van der Waals surface area contributed by atoms with E-state index >= 15 is 0 Å². The van der Waals surface area contributed by atoms with Gasteiger partial charge >= 0.3 is 0 Å². The second-order valence-electron chi connectivity index (χ2n) is 6.33. The monoisotopic (exact) mass is 427 g/mol. The lowest BCUT2D eigenvalue weighted by Crippen LogP contribution is -2.23. The number of nitro groups is 1.